The lowest BCUT2D eigenvalue weighted by molar-refractivity contribution is -0.215. The van der Waals surface area contributed by atoms with Gasteiger partial charge in [0.15, 0.2) is 0 Å². The minimum atomic E-state index is -0.688. The van der Waals surface area contributed by atoms with Gasteiger partial charge in [-0.15, -0.1) is 0 Å². The van der Waals surface area contributed by atoms with Crippen LogP contribution >= 0.6 is 0 Å². The summed E-state index contributed by atoms with van der Waals surface area (Å²) in [7, 11) is 0. The maximum absolute atomic E-state index is 12.6. The summed E-state index contributed by atoms with van der Waals surface area (Å²) in [5, 5.41) is 9.69. The maximum atomic E-state index is 12.6. The van der Waals surface area contributed by atoms with Gasteiger partial charge in [0.1, 0.15) is 16.8 Å². The molecule has 9 aliphatic rings. The van der Waals surface area contributed by atoms with Crippen LogP contribution in [0.3, 0.4) is 0 Å². The number of rotatable bonds is 11. The van der Waals surface area contributed by atoms with E-state index in [1.165, 1.54) is 57.8 Å². The van der Waals surface area contributed by atoms with Crippen LogP contribution in [0, 0.1) is 56.7 Å². The summed E-state index contributed by atoms with van der Waals surface area (Å²) >= 11 is 0. The van der Waals surface area contributed by atoms with Crippen molar-refractivity contribution < 1.29 is 38.5 Å². The smallest absolute Gasteiger partial charge is 0.312 e. The van der Waals surface area contributed by atoms with E-state index < -0.39 is 22.4 Å². The van der Waals surface area contributed by atoms with Crippen molar-refractivity contribution in [2.24, 2.45) is 56.7 Å². The lowest BCUT2D eigenvalue weighted by Crippen LogP contribution is -2.60. The van der Waals surface area contributed by atoms with Gasteiger partial charge in [0, 0.05) is 11.8 Å². The fourth-order valence-corrected chi connectivity index (χ4v) is 12.4. The first-order chi connectivity index (χ1) is 26.3. The van der Waals surface area contributed by atoms with Gasteiger partial charge in [-0.2, -0.15) is 0 Å². The molecule has 0 aromatic carbocycles. The second-order valence-corrected chi connectivity index (χ2v) is 23.3. The van der Waals surface area contributed by atoms with Crippen molar-refractivity contribution in [3.05, 3.63) is 0 Å². The van der Waals surface area contributed by atoms with E-state index in [4.69, 9.17) is 14.2 Å². The molecule has 0 aliphatic heterocycles. The molecule has 8 heteroatoms. The highest BCUT2D eigenvalue weighted by Crippen LogP contribution is 2.65. The molecular formula is C49H82O8. The number of hydrogen-bond donors (Lipinski definition) is 1. The van der Waals surface area contributed by atoms with Gasteiger partial charge >= 0.3 is 23.9 Å². The third-order valence-corrected chi connectivity index (χ3v) is 17.0. The first-order valence-corrected chi connectivity index (χ1v) is 23.2. The Morgan fingerprint density at radius 3 is 1.39 bits per heavy atom. The zero-order valence-corrected chi connectivity index (χ0v) is 38.3. The highest BCUT2D eigenvalue weighted by molar-refractivity contribution is 5.78. The largest absolute Gasteiger partial charge is 0.481 e. The van der Waals surface area contributed by atoms with Gasteiger partial charge in [-0.25, -0.2) is 0 Å². The molecule has 8 bridgehead atoms. The van der Waals surface area contributed by atoms with Crippen LogP contribution in [-0.2, 0) is 33.4 Å². The summed E-state index contributed by atoms with van der Waals surface area (Å²) < 4.78 is 17.8. The SMILES string of the molecule is CCC(C)(C)C(=O)OC(C)(C)C12CC3CC(CC(C3)C1)C2.CCC(C)(C)C(=O)OC1(C)CCCCC1.CCC(C)(C)C(=O)OC12CC3CC(C1)CC(C(=O)O)(C3)C2. The Hall–Kier alpha value is -2.12. The highest BCUT2D eigenvalue weighted by Gasteiger charge is 2.63. The van der Waals surface area contributed by atoms with E-state index in [9.17, 15) is 24.3 Å². The Morgan fingerprint density at radius 2 is 0.965 bits per heavy atom. The first-order valence-electron chi connectivity index (χ1n) is 23.2. The average Bonchev–Trinajstić information content (AvgIpc) is 3.10. The van der Waals surface area contributed by atoms with Crippen LogP contribution < -0.4 is 0 Å². The van der Waals surface area contributed by atoms with E-state index >= 15 is 0 Å². The van der Waals surface area contributed by atoms with Gasteiger partial charge in [0.05, 0.1) is 21.7 Å². The van der Waals surface area contributed by atoms with Crippen LogP contribution in [0.25, 0.3) is 0 Å². The van der Waals surface area contributed by atoms with Crippen molar-refractivity contribution >= 4 is 23.9 Å². The molecule has 2 unspecified atom stereocenters. The lowest BCUT2D eigenvalue weighted by Gasteiger charge is -2.61. The number of carboxylic acid groups (broad SMARTS) is 1. The second-order valence-electron chi connectivity index (χ2n) is 23.3. The average molecular weight is 799 g/mol. The molecule has 0 amide bonds. The van der Waals surface area contributed by atoms with Crippen LogP contribution in [0.5, 0.6) is 0 Å². The molecule has 0 aromatic rings. The fourth-order valence-electron chi connectivity index (χ4n) is 12.4. The van der Waals surface area contributed by atoms with Gasteiger partial charge in [-0.05, 0) is 207 Å². The molecule has 9 aliphatic carbocycles. The van der Waals surface area contributed by atoms with E-state index in [0.717, 1.165) is 82.0 Å². The summed E-state index contributed by atoms with van der Waals surface area (Å²) in [4.78, 5) is 48.8. The number of esters is 3. The number of aliphatic carboxylic acids is 1. The summed E-state index contributed by atoms with van der Waals surface area (Å²) in [6.45, 7) is 24.3. The quantitative estimate of drug-likeness (QED) is 0.162. The molecular weight excluding hydrogens is 717 g/mol. The minimum Gasteiger partial charge on any atom is -0.481 e. The van der Waals surface area contributed by atoms with Gasteiger partial charge in [0.25, 0.3) is 0 Å². The summed E-state index contributed by atoms with van der Waals surface area (Å²) in [5.74, 6) is 2.63. The van der Waals surface area contributed by atoms with E-state index in [1.54, 1.807) is 0 Å². The Morgan fingerprint density at radius 1 is 0.561 bits per heavy atom. The van der Waals surface area contributed by atoms with Crippen LogP contribution in [0.15, 0.2) is 0 Å². The second kappa shape index (κ2) is 16.4. The molecule has 8 nitrogen and oxygen atoms in total. The van der Waals surface area contributed by atoms with Crippen molar-refractivity contribution in [2.75, 3.05) is 0 Å². The predicted octanol–water partition coefficient (Wildman–Crippen LogP) is 12.0. The molecule has 326 valence electrons. The number of carboxylic acids is 1. The molecule has 9 saturated carbocycles. The Bertz CT molecular complexity index is 1430. The third kappa shape index (κ3) is 9.76. The summed E-state index contributed by atoms with van der Waals surface area (Å²) in [6, 6.07) is 0. The summed E-state index contributed by atoms with van der Waals surface area (Å²) in [6.07, 6.45) is 21.2. The molecule has 0 aromatic heterocycles. The third-order valence-electron chi connectivity index (χ3n) is 17.0. The minimum absolute atomic E-state index is 0.00857. The van der Waals surface area contributed by atoms with Crippen molar-refractivity contribution in [1.29, 1.82) is 0 Å². The first kappa shape index (κ1) is 46.0. The topological polar surface area (TPSA) is 116 Å². The standard InChI is InChI=1S/C19H32O2.C17H26O4.C13H24O2/c1-6-17(2,3)16(20)21-18(4,5)19-10-13-7-14(11-19)9-15(8-13)12-19;1-4-15(2,3)14(20)21-17-8-11-5-12(9-17)7-16(6-11,10-17)13(18)19;1-5-12(2,3)11(14)15-13(4)9-7-6-8-10-13/h13-15H,6-12H2,1-5H3;11-12H,4-10H2,1-3H3,(H,18,19);5-10H2,1-4H3. The van der Waals surface area contributed by atoms with E-state index in [-0.39, 0.29) is 45.4 Å². The van der Waals surface area contributed by atoms with Crippen molar-refractivity contribution in [1.82, 2.24) is 0 Å². The van der Waals surface area contributed by atoms with Crippen molar-refractivity contribution in [3.8, 4) is 0 Å². The van der Waals surface area contributed by atoms with Crippen molar-refractivity contribution in [2.45, 2.75) is 228 Å². The van der Waals surface area contributed by atoms with Crippen LogP contribution in [0.1, 0.15) is 212 Å². The normalized spacial score (nSPS) is 34.9. The Labute approximate surface area is 346 Å². The Kier molecular flexibility index (Phi) is 13.2. The molecule has 57 heavy (non-hydrogen) atoms. The zero-order valence-electron chi connectivity index (χ0n) is 38.3. The van der Waals surface area contributed by atoms with Gasteiger partial charge < -0.3 is 19.3 Å². The fraction of sp³-hybridized carbons (Fsp3) is 0.918. The van der Waals surface area contributed by atoms with Crippen molar-refractivity contribution in [3.63, 3.8) is 0 Å². The molecule has 1 N–H and O–H groups in total. The number of carbonyl (C=O) groups excluding carboxylic acids is 3. The molecule has 9 fully saturated rings. The van der Waals surface area contributed by atoms with E-state index in [1.807, 2.05) is 55.4 Å². The number of carbonyl (C=O) groups is 4. The summed E-state index contributed by atoms with van der Waals surface area (Å²) in [5.41, 5.74) is -2.58. The number of hydrogen-bond acceptors (Lipinski definition) is 7. The Balaban J connectivity index is 0.000000166. The molecule has 0 radical (unpaired) electrons. The lowest BCUT2D eigenvalue weighted by atomic mass is 9.46. The van der Waals surface area contributed by atoms with Gasteiger partial charge in [-0.1, -0.05) is 27.2 Å². The molecule has 2 atom stereocenters. The van der Waals surface area contributed by atoms with Crippen LogP contribution in [-0.4, -0.2) is 45.8 Å². The monoisotopic (exact) mass is 799 g/mol. The molecule has 0 heterocycles. The maximum Gasteiger partial charge on any atom is 0.312 e. The van der Waals surface area contributed by atoms with Gasteiger partial charge in [-0.3, -0.25) is 19.2 Å². The molecule has 0 spiro atoms. The number of ether oxygens (including phenoxy) is 3. The van der Waals surface area contributed by atoms with Gasteiger partial charge in [0.2, 0.25) is 0 Å². The molecule has 0 saturated heterocycles. The molecule has 9 rings (SSSR count). The van der Waals surface area contributed by atoms with Crippen LogP contribution in [0.2, 0.25) is 0 Å². The predicted molar refractivity (Wildman–Crippen MR) is 224 cm³/mol. The zero-order chi connectivity index (χ0) is 42.5. The van der Waals surface area contributed by atoms with E-state index in [0.29, 0.717) is 18.3 Å². The van der Waals surface area contributed by atoms with E-state index in [2.05, 4.69) is 27.7 Å². The van der Waals surface area contributed by atoms with Crippen LogP contribution in [0.4, 0.5) is 0 Å². The highest BCUT2D eigenvalue weighted by atomic mass is 16.6.